The van der Waals surface area contributed by atoms with Gasteiger partial charge < -0.3 is 25.4 Å². The third-order valence-corrected chi connectivity index (χ3v) is 8.08. The highest BCUT2D eigenvalue weighted by molar-refractivity contribution is 6.42. The quantitative estimate of drug-likeness (QED) is 0.243. The zero-order valence-electron chi connectivity index (χ0n) is 24.3. The number of aliphatic hydroxyl groups excluding tert-OH is 1. The maximum Gasteiger partial charge on any atom is 0.416 e. The number of nitrogens with zero attached hydrogens (tertiary/aromatic N) is 2. The maximum atomic E-state index is 13.7. The molecule has 3 aromatic carbocycles. The van der Waals surface area contributed by atoms with Crippen molar-refractivity contribution in [2.45, 2.75) is 38.7 Å². The highest BCUT2D eigenvalue weighted by Gasteiger charge is 2.35. The summed E-state index contributed by atoms with van der Waals surface area (Å²) in [7, 11) is 1.92. The lowest BCUT2D eigenvalue weighted by molar-refractivity contribution is -0.137. The summed E-state index contributed by atoms with van der Waals surface area (Å²) in [4.78, 5) is 30.2. The van der Waals surface area contributed by atoms with Crippen molar-refractivity contribution < 1.29 is 32.6 Å². The zero-order chi connectivity index (χ0) is 32.2. The zero-order valence-corrected chi connectivity index (χ0v) is 25.8. The van der Waals surface area contributed by atoms with Crippen LogP contribution in [-0.2, 0) is 12.7 Å². The number of nitrogens with one attached hydrogen (secondary N) is 2. The number of benzene rings is 3. The summed E-state index contributed by atoms with van der Waals surface area (Å²) in [5, 5.41) is 16.0. The van der Waals surface area contributed by atoms with Crippen molar-refractivity contribution in [3.8, 4) is 5.75 Å². The van der Waals surface area contributed by atoms with E-state index >= 15 is 0 Å². The first-order chi connectivity index (χ1) is 20.8. The van der Waals surface area contributed by atoms with E-state index in [2.05, 4.69) is 10.6 Å². The van der Waals surface area contributed by atoms with E-state index in [9.17, 15) is 27.9 Å². The number of carbonyl (C=O) groups is 2. The first kappa shape index (κ1) is 33.4. The van der Waals surface area contributed by atoms with Crippen molar-refractivity contribution in [1.29, 1.82) is 0 Å². The summed E-state index contributed by atoms with van der Waals surface area (Å²) in [6, 6.07) is 12.9. The molecule has 3 N–H and O–H groups in total. The molecule has 3 atom stereocenters. The van der Waals surface area contributed by atoms with Crippen LogP contribution >= 0.6 is 23.2 Å². The Balaban J connectivity index is 1.60. The largest absolute Gasteiger partial charge is 0.486 e. The number of likely N-dealkylation sites (N-methyl/N-ethyl adjacent to an activating group) is 1. The van der Waals surface area contributed by atoms with Crippen molar-refractivity contribution >= 4 is 46.5 Å². The predicted molar refractivity (Wildman–Crippen MR) is 164 cm³/mol. The molecular formula is C31H33Cl2F3N4O4. The first-order valence-corrected chi connectivity index (χ1v) is 14.6. The van der Waals surface area contributed by atoms with Crippen molar-refractivity contribution in [3.63, 3.8) is 0 Å². The van der Waals surface area contributed by atoms with Crippen molar-refractivity contribution in [3.05, 3.63) is 87.4 Å². The van der Waals surface area contributed by atoms with Gasteiger partial charge in [0.2, 0.25) is 0 Å². The van der Waals surface area contributed by atoms with Gasteiger partial charge in [-0.15, -0.1) is 0 Å². The number of amides is 3. The molecule has 4 rings (SSSR count). The Labute approximate surface area is 263 Å². The highest BCUT2D eigenvalue weighted by atomic mass is 35.5. The maximum absolute atomic E-state index is 13.7. The van der Waals surface area contributed by atoms with Crippen LogP contribution in [0, 0.1) is 5.92 Å². The van der Waals surface area contributed by atoms with Gasteiger partial charge in [-0.25, -0.2) is 4.79 Å². The standard InChI is InChI=1S/C31H33Cl2F3N4O4/c1-18-14-40(19(2)17-41)29(42)23-5-4-6-26(38-30(43)37-22-10-8-21(9-11-22)31(34,35)36)28(23)44-27(18)16-39(3)15-20-7-12-24(32)25(33)13-20/h4-13,18-19,27,41H,14-17H2,1-3H3,(H2,37,38,43)/t18-,19-,27+/m0/s1. The minimum atomic E-state index is -4.50. The van der Waals surface area contributed by atoms with Crippen LogP contribution < -0.4 is 15.4 Å². The summed E-state index contributed by atoms with van der Waals surface area (Å²) < 4.78 is 45.3. The number of anilines is 2. The van der Waals surface area contributed by atoms with Gasteiger partial charge >= 0.3 is 12.2 Å². The predicted octanol–water partition coefficient (Wildman–Crippen LogP) is 7.01. The van der Waals surface area contributed by atoms with Gasteiger partial charge in [0.25, 0.3) is 5.91 Å². The molecule has 0 unspecified atom stereocenters. The molecule has 1 aliphatic rings. The molecule has 3 aromatic rings. The summed E-state index contributed by atoms with van der Waals surface area (Å²) >= 11 is 12.3. The van der Waals surface area contributed by atoms with Crippen molar-refractivity contribution in [2.75, 3.05) is 37.4 Å². The number of carbonyl (C=O) groups excluding carboxylic acids is 2. The number of hydrogen-bond acceptors (Lipinski definition) is 5. The Bertz CT molecular complexity index is 1490. The second-order valence-electron chi connectivity index (χ2n) is 10.9. The van der Waals surface area contributed by atoms with Crippen LogP contribution in [0.1, 0.15) is 35.3 Å². The van der Waals surface area contributed by atoms with Crippen LogP contribution in [-0.4, -0.2) is 65.7 Å². The minimum absolute atomic E-state index is 0.143. The van der Waals surface area contributed by atoms with E-state index in [1.165, 1.54) is 0 Å². The third-order valence-electron chi connectivity index (χ3n) is 7.34. The van der Waals surface area contributed by atoms with E-state index in [1.54, 1.807) is 42.2 Å². The van der Waals surface area contributed by atoms with Gasteiger partial charge in [-0.05, 0) is 68.1 Å². The summed E-state index contributed by atoms with van der Waals surface area (Å²) in [5.41, 5.74) is 0.633. The molecule has 1 aliphatic heterocycles. The minimum Gasteiger partial charge on any atom is -0.486 e. The highest BCUT2D eigenvalue weighted by Crippen LogP contribution is 2.35. The number of aliphatic hydroxyl groups is 1. The molecule has 0 bridgehead atoms. The van der Waals surface area contributed by atoms with Crippen LogP contribution in [0.15, 0.2) is 60.7 Å². The Morgan fingerprint density at radius 3 is 2.45 bits per heavy atom. The van der Waals surface area contributed by atoms with Gasteiger partial charge in [0.05, 0.1) is 39.5 Å². The Morgan fingerprint density at radius 1 is 1.11 bits per heavy atom. The molecule has 44 heavy (non-hydrogen) atoms. The number of hydrogen-bond donors (Lipinski definition) is 3. The molecule has 0 radical (unpaired) electrons. The van der Waals surface area contributed by atoms with E-state index in [0.29, 0.717) is 29.7 Å². The molecule has 0 saturated carbocycles. The fraction of sp³-hybridized carbons (Fsp3) is 0.355. The molecule has 0 spiro atoms. The normalized spacial score (nSPS) is 17.8. The van der Waals surface area contributed by atoms with E-state index < -0.39 is 29.9 Å². The molecule has 0 aromatic heterocycles. The average molecular weight is 654 g/mol. The van der Waals surface area contributed by atoms with Gasteiger partial charge in [-0.3, -0.25) is 9.69 Å². The Kier molecular flexibility index (Phi) is 10.7. The summed E-state index contributed by atoms with van der Waals surface area (Å²) in [6.45, 7) is 4.73. The number of para-hydroxylation sites is 1. The average Bonchev–Trinajstić information content (AvgIpc) is 2.96. The monoisotopic (exact) mass is 652 g/mol. The second kappa shape index (κ2) is 14.1. The number of urea groups is 1. The Morgan fingerprint density at radius 2 is 1.82 bits per heavy atom. The molecule has 0 fully saturated rings. The summed E-state index contributed by atoms with van der Waals surface area (Å²) in [5.74, 6) is -0.413. The smallest absolute Gasteiger partial charge is 0.416 e. The molecule has 3 amide bonds. The number of ether oxygens (including phenoxy) is 1. The van der Waals surface area contributed by atoms with Crippen LogP contribution in [0.4, 0.5) is 29.3 Å². The van der Waals surface area contributed by atoms with Gasteiger partial charge in [-0.2, -0.15) is 13.2 Å². The van der Waals surface area contributed by atoms with Crippen molar-refractivity contribution in [1.82, 2.24) is 9.80 Å². The van der Waals surface area contributed by atoms with E-state index in [1.807, 2.05) is 24.9 Å². The van der Waals surface area contributed by atoms with Crippen LogP contribution in [0.2, 0.25) is 10.0 Å². The third kappa shape index (κ3) is 8.15. The fourth-order valence-corrected chi connectivity index (χ4v) is 5.23. The van der Waals surface area contributed by atoms with Gasteiger partial charge in [0.1, 0.15) is 6.10 Å². The number of fused-ring (bicyclic) bond motifs is 1. The Hall–Kier alpha value is -3.51. The molecule has 0 aliphatic carbocycles. The van der Waals surface area contributed by atoms with Crippen LogP contribution in [0.3, 0.4) is 0 Å². The lowest BCUT2D eigenvalue weighted by Crippen LogP contribution is -2.49. The van der Waals surface area contributed by atoms with Gasteiger partial charge in [0, 0.05) is 31.2 Å². The topological polar surface area (TPSA) is 94.1 Å². The number of alkyl halides is 3. The molecule has 1 heterocycles. The van der Waals surface area contributed by atoms with Crippen LogP contribution in [0.25, 0.3) is 0 Å². The molecule has 13 heteroatoms. The molecule has 236 valence electrons. The lowest BCUT2D eigenvalue weighted by atomic mass is 9.99. The van der Waals surface area contributed by atoms with Crippen LogP contribution in [0.5, 0.6) is 5.75 Å². The molecular weight excluding hydrogens is 620 g/mol. The number of rotatable bonds is 8. The van der Waals surface area contributed by atoms with E-state index in [0.717, 1.165) is 29.8 Å². The molecule has 8 nitrogen and oxygen atoms in total. The van der Waals surface area contributed by atoms with Crippen molar-refractivity contribution in [2.24, 2.45) is 5.92 Å². The van der Waals surface area contributed by atoms with Gasteiger partial charge in [-0.1, -0.05) is 42.3 Å². The SMILES string of the molecule is C[C@H]1CN([C@@H](C)CO)C(=O)c2cccc(NC(=O)Nc3ccc(C(F)(F)F)cc3)c2O[C@@H]1CN(C)Cc1ccc(Cl)c(Cl)c1. The number of halogens is 5. The van der Waals surface area contributed by atoms with E-state index in [4.69, 9.17) is 27.9 Å². The van der Waals surface area contributed by atoms with Gasteiger partial charge in [0.15, 0.2) is 5.75 Å². The molecule has 0 saturated heterocycles. The first-order valence-electron chi connectivity index (χ1n) is 13.9. The van der Waals surface area contributed by atoms with E-state index in [-0.39, 0.29) is 41.1 Å². The lowest BCUT2D eigenvalue weighted by Gasteiger charge is -2.38. The summed E-state index contributed by atoms with van der Waals surface area (Å²) in [6.07, 6.45) is -4.96. The second-order valence-corrected chi connectivity index (χ2v) is 11.7. The fourth-order valence-electron chi connectivity index (χ4n) is 4.91.